The highest BCUT2D eigenvalue weighted by atomic mass is 35.5. The van der Waals surface area contributed by atoms with Crippen LogP contribution in [0.2, 0.25) is 0 Å². The first kappa shape index (κ1) is 6.16. The molecule has 0 fully saturated rings. The number of halogens is 1. The SMILES string of the molecule is [NH3+]C1=[S+]C=C(CCl)[NH2+]1. The highest BCUT2D eigenvalue weighted by Crippen LogP contribution is 1.87. The Hall–Kier alpha value is 0.0400. The van der Waals surface area contributed by atoms with E-state index in [1.165, 1.54) is 5.70 Å². The van der Waals surface area contributed by atoms with Gasteiger partial charge in [0, 0.05) is 0 Å². The molecule has 4 heteroatoms. The summed E-state index contributed by atoms with van der Waals surface area (Å²) < 4.78 is 0. The molecule has 1 aliphatic heterocycles. The van der Waals surface area contributed by atoms with Gasteiger partial charge in [0.05, 0.1) is 0 Å². The van der Waals surface area contributed by atoms with Crippen molar-refractivity contribution in [1.82, 2.24) is 0 Å². The lowest BCUT2D eigenvalue weighted by Gasteiger charge is -1.79. The zero-order valence-electron chi connectivity index (χ0n) is 4.36. The molecule has 0 spiro atoms. The topological polar surface area (TPSA) is 44.2 Å². The molecular formula is C4H8ClN2S+3. The molecule has 0 bridgehead atoms. The number of hydrogen-bond acceptors (Lipinski definition) is 0. The first-order chi connectivity index (χ1) is 3.83. The van der Waals surface area contributed by atoms with Gasteiger partial charge in [-0.05, 0) is 0 Å². The minimum absolute atomic E-state index is 0.603. The minimum Gasteiger partial charge on any atom is -0.225 e. The van der Waals surface area contributed by atoms with Crippen molar-refractivity contribution < 1.29 is 11.1 Å². The summed E-state index contributed by atoms with van der Waals surface area (Å²) in [4.78, 5) is 0. The fourth-order valence-electron chi connectivity index (χ4n) is 0.496. The Morgan fingerprint density at radius 2 is 2.62 bits per heavy atom. The van der Waals surface area contributed by atoms with Gasteiger partial charge in [-0.25, -0.2) is 5.73 Å². The van der Waals surface area contributed by atoms with Gasteiger partial charge in [0.15, 0.2) is 5.70 Å². The molecule has 1 rings (SSSR count). The van der Waals surface area contributed by atoms with E-state index in [4.69, 9.17) is 11.6 Å². The zero-order valence-corrected chi connectivity index (χ0v) is 5.93. The monoisotopic (exact) mass is 151 g/mol. The first-order valence-electron chi connectivity index (χ1n) is 2.28. The minimum atomic E-state index is 0.603. The molecule has 0 saturated carbocycles. The summed E-state index contributed by atoms with van der Waals surface area (Å²) in [6, 6.07) is 0. The molecule has 0 aromatic heterocycles. The summed E-state index contributed by atoms with van der Waals surface area (Å²) >= 11 is 7.15. The van der Waals surface area contributed by atoms with Crippen LogP contribution < -0.4 is 11.1 Å². The van der Waals surface area contributed by atoms with E-state index in [2.05, 4.69) is 5.73 Å². The van der Waals surface area contributed by atoms with E-state index in [1.807, 2.05) is 10.7 Å². The lowest BCUT2D eigenvalue weighted by molar-refractivity contribution is -0.546. The van der Waals surface area contributed by atoms with Crippen LogP contribution in [0, 0.1) is 0 Å². The average molecular weight is 152 g/mol. The van der Waals surface area contributed by atoms with E-state index >= 15 is 0 Å². The second-order valence-corrected chi connectivity index (χ2v) is 2.82. The molecule has 0 aromatic rings. The molecule has 0 saturated heterocycles. The van der Waals surface area contributed by atoms with Gasteiger partial charge in [-0.3, -0.25) is 0 Å². The largest absolute Gasteiger partial charge is 0.547 e. The summed E-state index contributed by atoms with van der Waals surface area (Å²) in [5, 5.41) is 5.10. The van der Waals surface area contributed by atoms with Crippen LogP contribution in [0.25, 0.3) is 0 Å². The van der Waals surface area contributed by atoms with Gasteiger partial charge in [0.25, 0.3) is 5.41 Å². The van der Waals surface area contributed by atoms with E-state index in [0.717, 1.165) is 5.11 Å². The Kier molecular flexibility index (Phi) is 1.96. The fourth-order valence-corrected chi connectivity index (χ4v) is 1.42. The second-order valence-electron chi connectivity index (χ2n) is 1.55. The van der Waals surface area contributed by atoms with Crippen LogP contribution in [0.3, 0.4) is 0 Å². The van der Waals surface area contributed by atoms with Crippen molar-refractivity contribution in [2.45, 2.75) is 0 Å². The molecule has 0 radical (unpaired) electrons. The number of rotatable bonds is 1. The molecule has 8 heavy (non-hydrogen) atoms. The van der Waals surface area contributed by atoms with Gasteiger partial charge in [-0.15, -0.1) is 11.6 Å². The third-order valence-corrected chi connectivity index (χ3v) is 2.01. The number of allylic oxidation sites excluding steroid dienone is 1. The van der Waals surface area contributed by atoms with E-state index in [1.54, 1.807) is 11.4 Å². The average Bonchev–Trinajstić information content (AvgIpc) is 2.14. The van der Waals surface area contributed by atoms with Crippen molar-refractivity contribution >= 4 is 28.1 Å². The maximum absolute atomic E-state index is 5.52. The number of nitrogens with two attached hydrogens (primary N) is 1. The van der Waals surface area contributed by atoms with Crippen LogP contribution >= 0.6 is 11.6 Å². The van der Waals surface area contributed by atoms with Crippen molar-refractivity contribution in [3.05, 3.63) is 11.1 Å². The molecule has 0 aliphatic carbocycles. The van der Waals surface area contributed by atoms with Gasteiger partial charge in [0.1, 0.15) is 5.88 Å². The summed E-state index contributed by atoms with van der Waals surface area (Å²) in [5.41, 5.74) is 4.92. The van der Waals surface area contributed by atoms with Crippen molar-refractivity contribution in [2.24, 2.45) is 0 Å². The standard InChI is InChI=1S/C4H6ClN2S/c5-1-3-2-8-4(6)7-3/h2,7H,1,6H2/q+1/p+2. The Morgan fingerprint density at radius 1 is 1.88 bits per heavy atom. The number of quaternary nitrogens is 2. The summed E-state index contributed by atoms with van der Waals surface area (Å²) in [7, 11) is 0. The molecule has 1 heterocycles. The van der Waals surface area contributed by atoms with Gasteiger partial charge in [0.2, 0.25) is 0 Å². The smallest absolute Gasteiger partial charge is 0.225 e. The molecule has 0 aromatic carbocycles. The van der Waals surface area contributed by atoms with Gasteiger partial charge < -0.3 is 0 Å². The lowest BCUT2D eigenvalue weighted by atomic mass is 10.6. The number of alkyl halides is 1. The highest BCUT2D eigenvalue weighted by molar-refractivity contribution is 7.81. The van der Waals surface area contributed by atoms with Crippen molar-refractivity contribution in [3.8, 4) is 0 Å². The Balaban J connectivity index is 2.49. The zero-order chi connectivity index (χ0) is 5.98. The number of hydrogen-bond donors (Lipinski definition) is 2. The molecule has 0 amide bonds. The Bertz CT molecular complexity index is 152. The highest BCUT2D eigenvalue weighted by Gasteiger charge is 2.24. The summed E-state index contributed by atoms with van der Waals surface area (Å²) in [5.74, 6) is 0.603. The first-order valence-corrected chi connectivity index (χ1v) is 3.69. The van der Waals surface area contributed by atoms with Gasteiger partial charge >= 0.3 is 16.5 Å². The predicted molar refractivity (Wildman–Crippen MR) is 36.0 cm³/mol. The molecule has 2 nitrogen and oxygen atoms in total. The predicted octanol–water partition coefficient (Wildman–Crippen LogP) is -1.94. The van der Waals surface area contributed by atoms with Crippen LogP contribution in [0.4, 0.5) is 0 Å². The summed E-state index contributed by atoms with van der Waals surface area (Å²) in [6.45, 7) is 0. The van der Waals surface area contributed by atoms with Crippen molar-refractivity contribution in [1.29, 1.82) is 0 Å². The summed E-state index contributed by atoms with van der Waals surface area (Å²) in [6.07, 6.45) is 0. The van der Waals surface area contributed by atoms with Crippen LogP contribution in [0.15, 0.2) is 11.1 Å². The molecule has 0 unspecified atom stereocenters. The molecule has 1 aliphatic rings. The van der Waals surface area contributed by atoms with Crippen LogP contribution in [-0.2, 0) is 11.4 Å². The van der Waals surface area contributed by atoms with E-state index in [0.29, 0.717) is 5.88 Å². The molecular weight excluding hydrogens is 144 g/mol. The molecule has 44 valence electrons. The van der Waals surface area contributed by atoms with E-state index in [-0.39, 0.29) is 0 Å². The van der Waals surface area contributed by atoms with E-state index in [9.17, 15) is 0 Å². The van der Waals surface area contributed by atoms with Gasteiger partial charge in [-0.2, -0.15) is 5.32 Å². The molecule has 0 atom stereocenters. The maximum atomic E-state index is 5.52. The molecule has 5 N–H and O–H groups in total. The lowest BCUT2D eigenvalue weighted by Crippen LogP contribution is -2.97. The fraction of sp³-hybridized carbons (Fsp3) is 0.250. The van der Waals surface area contributed by atoms with E-state index < -0.39 is 0 Å². The van der Waals surface area contributed by atoms with Crippen molar-refractivity contribution in [2.75, 3.05) is 5.88 Å². The van der Waals surface area contributed by atoms with Crippen LogP contribution in [-0.4, -0.2) is 11.0 Å². The Morgan fingerprint density at radius 3 is 2.88 bits per heavy atom. The normalized spacial score (nSPS) is 18.2. The third kappa shape index (κ3) is 1.26. The third-order valence-electron chi connectivity index (χ3n) is 0.862. The maximum Gasteiger partial charge on any atom is 0.547 e. The van der Waals surface area contributed by atoms with Crippen LogP contribution in [0.5, 0.6) is 0 Å². The Labute approximate surface area is 56.7 Å². The van der Waals surface area contributed by atoms with Crippen LogP contribution in [0.1, 0.15) is 0 Å². The van der Waals surface area contributed by atoms with Crippen molar-refractivity contribution in [3.63, 3.8) is 0 Å². The second kappa shape index (κ2) is 2.55. The van der Waals surface area contributed by atoms with Gasteiger partial charge in [-0.1, -0.05) is 0 Å². The quantitative estimate of drug-likeness (QED) is 0.249.